The second kappa shape index (κ2) is 6.61. The zero-order valence-corrected chi connectivity index (χ0v) is 12.1. The third-order valence-electron chi connectivity index (χ3n) is 4.00. The van der Waals surface area contributed by atoms with E-state index in [4.69, 9.17) is 0 Å². The molecule has 2 aliphatic heterocycles. The first-order valence-electron chi connectivity index (χ1n) is 6.94. The van der Waals surface area contributed by atoms with Crippen molar-refractivity contribution in [3.8, 4) is 0 Å². The van der Waals surface area contributed by atoms with Gasteiger partial charge in [-0.05, 0) is 38.3 Å². The SMILES string of the molecule is CC1CCN(C(=O)CSC2CCNCC2)C1C(=O)O. The Morgan fingerprint density at radius 3 is 2.63 bits per heavy atom. The van der Waals surface area contributed by atoms with E-state index < -0.39 is 12.0 Å². The van der Waals surface area contributed by atoms with Crippen LogP contribution in [-0.4, -0.2) is 58.6 Å². The van der Waals surface area contributed by atoms with E-state index in [-0.39, 0.29) is 11.8 Å². The Morgan fingerprint density at radius 2 is 2.00 bits per heavy atom. The molecular weight excluding hydrogens is 264 g/mol. The number of carbonyl (C=O) groups is 2. The summed E-state index contributed by atoms with van der Waals surface area (Å²) in [6.45, 7) is 4.53. The van der Waals surface area contributed by atoms with Crippen molar-refractivity contribution in [3.05, 3.63) is 0 Å². The maximum absolute atomic E-state index is 12.2. The second-order valence-corrected chi connectivity index (χ2v) is 6.69. The summed E-state index contributed by atoms with van der Waals surface area (Å²) in [6, 6.07) is -0.624. The van der Waals surface area contributed by atoms with E-state index in [1.54, 1.807) is 16.7 Å². The number of thioether (sulfide) groups is 1. The molecule has 2 saturated heterocycles. The van der Waals surface area contributed by atoms with Gasteiger partial charge >= 0.3 is 5.97 Å². The molecule has 108 valence electrons. The van der Waals surface area contributed by atoms with Crippen LogP contribution in [0.15, 0.2) is 0 Å². The first-order valence-corrected chi connectivity index (χ1v) is 7.99. The molecule has 2 atom stereocenters. The van der Waals surface area contributed by atoms with E-state index in [0.717, 1.165) is 32.4 Å². The smallest absolute Gasteiger partial charge is 0.326 e. The number of hydrogen-bond donors (Lipinski definition) is 2. The molecule has 0 radical (unpaired) electrons. The van der Waals surface area contributed by atoms with Gasteiger partial charge in [0.2, 0.25) is 5.91 Å². The molecule has 2 fully saturated rings. The minimum Gasteiger partial charge on any atom is -0.480 e. The highest BCUT2D eigenvalue weighted by Gasteiger charge is 2.39. The minimum atomic E-state index is -0.870. The van der Waals surface area contributed by atoms with Crippen molar-refractivity contribution in [1.29, 1.82) is 0 Å². The lowest BCUT2D eigenvalue weighted by molar-refractivity contribution is -0.148. The predicted molar refractivity (Wildman–Crippen MR) is 75.3 cm³/mol. The summed E-state index contributed by atoms with van der Waals surface area (Å²) < 4.78 is 0. The summed E-state index contributed by atoms with van der Waals surface area (Å²) in [7, 11) is 0. The van der Waals surface area contributed by atoms with Crippen LogP contribution in [-0.2, 0) is 9.59 Å². The summed E-state index contributed by atoms with van der Waals surface area (Å²) in [4.78, 5) is 25.0. The average molecular weight is 286 g/mol. The number of carbonyl (C=O) groups excluding carboxylic acids is 1. The number of carboxylic acids is 1. The van der Waals surface area contributed by atoms with Crippen LogP contribution in [0.4, 0.5) is 0 Å². The van der Waals surface area contributed by atoms with Gasteiger partial charge in [0.15, 0.2) is 0 Å². The van der Waals surface area contributed by atoms with Gasteiger partial charge in [0, 0.05) is 11.8 Å². The number of nitrogens with one attached hydrogen (secondary N) is 1. The quantitative estimate of drug-likeness (QED) is 0.800. The van der Waals surface area contributed by atoms with Gasteiger partial charge in [-0.2, -0.15) is 0 Å². The van der Waals surface area contributed by atoms with Gasteiger partial charge in [-0.15, -0.1) is 11.8 Å². The van der Waals surface area contributed by atoms with Gasteiger partial charge < -0.3 is 15.3 Å². The zero-order chi connectivity index (χ0) is 13.8. The highest BCUT2D eigenvalue weighted by molar-refractivity contribution is 8.00. The monoisotopic (exact) mass is 286 g/mol. The number of amides is 1. The molecule has 0 aromatic carbocycles. The number of carboxylic acid groups (broad SMARTS) is 1. The van der Waals surface area contributed by atoms with Crippen molar-refractivity contribution in [2.75, 3.05) is 25.4 Å². The Labute approximate surface area is 118 Å². The molecule has 5 nitrogen and oxygen atoms in total. The lowest BCUT2D eigenvalue weighted by Gasteiger charge is -2.25. The largest absolute Gasteiger partial charge is 0.480 e. The molecule has 2 aliphatic rings. The van der Waals surface area contributed by atoms with Crippen molar-refractivity contribution in [2.24, 2.45) is 5.92 Å². The molecule has 0 spiro atoms. The fourth-order valence-corrected chi connectivity index (χ4v) is 3.95. The first-order chi connectivity index (χ1) is 9.09. The fourth-order valence-electron chi connectivity index (χ4n) is 2.84. The summed E-state index contributed by atoms with van der Waals surface area (Å²) >= 11 is 1.68. The van der Waals surface area contributed by atoms with Gasteiger partial charge in [-0.1, -0.05) is 6.92 Å². The maximum Gasteiger partial charge on any atom is 0.326 e. The van der Waals surface area contributed by atoms with Crippen molar-refractivity contribution < 1.29 is 14.7 Å². The van der Waals surface area contributed by atoms with Crippen LogP contribution in [0.25, 0.3) is 0 Å². The van der Waals surface area contributed by atoms with Gasteiger partial charge in [0.25, 0.3) is 0 Å². The number of nitrogens with zero attached hydrogens (tertiary/aromatic N) is 1. The molecule has 1 amide bonds. The summed E-state index contributed by atoms with van der Waals surface area (Å²) in [5.74, 6) is -0.405. The van der Waals surface area contributed by atoms with E-state index in [1.165, 1.54) is 0 Å². The Kier molecular flexibility index (Phi) is 5.10. The third-order valence-corrected chi connectivity index (χ3v) is 5.36. The number of piperidine rings is 1. The molecule has 0 aromatic rings. The lowest BCUT2D eigenvalue weighted by Crippen LogP contribution is -2.43. The standard InChI is InChI=1S/C13H22N2O3S/c1-9-4-7-15(12(9)13(17)18)11(16)8-19-10-2-5-14-6-3-10/h9-10,12,14H,2-8H2,1H3,(H,17,18). The molecule has 2 heterocycles. The maximum atomic E-state index is 12.2. The molecule has 0 saturated carbocycles. The minimum absolute atomic E-state index is 0.0136. The van der Waals surface area contributed by atoms with E-state index in [9.17, 15) is 14.7 Å². The zero-order valence-electron chi connectivity index (χ0n) is 11.3. The topological polar surface area (TPSA) is 69.6 Å². The highest BCUT2D eigenvalue weighted by atomic mass is 32.2. The van der Waals surface area contributed by atoms with Crippen LogP contribution < -0.4 is 5.32 Å². The molecule has 6 heteroatoms. The first kappa shape index (κ1) is 14.7. The molecular formula is C13H22N2O3S. The Morgan fingerprint density at radius 1 is 1.32 bits per heavy atom. The Balaban J connectivity index is 1.83. The van der Waals surface area contributed by atoms with Crippen LogP contribution in [0.2, 0.25) is 0 Å². The van der Waals surface area contributed by atoms with Gasteiger partial charge in [0.05, 0.1) is 5.75 Å². The number of aliphatic carboxylic acids is 1. The van der Waals surface area contributed by atoms with Crippen LogP contribution in [0.1, 0.15) is 26.2 Å². The van der Waals surface area contributed by atoms with E-state index in [1.807, 2.05) is 6.92 Å². The van der Waals surface area contributed by atoms with Crippen molar-refractivity contribution in [2.45, 2.75) is 37.5 Å². The summed E-state index contributed by atoms with van der Waals surface area (Å²) in [5, 5.41) is 13.0. The normalized spacial score (nSPS) is 28.6. The average Bonchev–Trinajstić information content (AvgIpc) is 2.79. The predicted octanol–water partition coefficient (Wildman–Crippen LogP) is 0.793. The number of likely N-dealkylation sites (tertiary alicyclic amines) is 1. The molecule has 2 unspecified atom stereocenters. The van der Waals surface area contributed by atoms with Gasteiger partial charge in [0.1, 0.15) is 6.04 Å². The van der Waals surface area contributed by atoms with Crippen LogP contribution in [0.5, 0.6) is 0 Å². The van der Waals surface area contributed by atoms with E-state index in [2.05, 4.69) is 5.32 Å². The number of rotatable bonds is 4. The van der Waals surface area contributed by atoms with Crippen molar-refractivity contribution in [3.63, 3.8) is 0 Å². The van der Waals surface area contributed by atoms with Crippen molar-refractivity contribution >= 4 is 23.6 Å². The molecule has 0 aliphatic carbocycles. The van der Waals surface area contributed by atoms with Crippen molar-refractivity contribution in [1.82, 2.24) is 10.2 Å². The molecule has 2 rings (SSSR count). The van der Waals surface area contributed by atoms with E-state index in [0.29, 0.717) is 17.5 Å². The third kappa shape index (κ3) is 3.63. The second-order valence-electron chi connectivity index (χ2n) is 5.40. The van der Waals surface area contributed by atoms with Crippen LogP contribution in [0, 0.1) is 5.92 Å². The Hall–Kier alpha value is -0.750. The van der Waals surface area contributed by atoms with E-state index >= 15 is 0 Å². The summed E-state index contributed by atoms with van der Waals surface area (Å²) in [6.07, 6.45) is 2.98. The summed E-state index contributed by atoms with van der Waals surface area (Å²) in [5.41, 5.74) is 0. The van der Waals surface area contributed by atoms with Crippen LogP contribution >= 0.6 is 11.8 Å². The lowest BCUT2D eigenvalue weighted by atomic mass is 10.0. The molecule has 2 N–H and O–H groups in total. The van der Waals surface area contributed by atoms with Gasteiger partial charge in [-0.25, -0.2) is 4.79 Å². The Bertz CT molecular complexity index is 345. The molecule has 0 bridgehead atoms. The number of hydrogen-bond acceptors (Lipinski definition) is 4. The fraction of sp³-hybridized carbons (Fsp3) is 0.846. The van der Waals surface area contributed by atoms with Crippen LogP contribution in [0.3, 0.4) is 0 Å². The highest BCUT2D eigenvalue weighted by Crippen LogP contribution is 2.26. The molecule has 19 heavy (non-hydrogen) atoms. The molecule has 0 aromatic heterocycles. The van der Waals surface area contributed by atoms with Gasteiger partial charge in [-0.3, -0.25) is 4.79 Å².